The summed E-state index contributed by atoms with van der Waals surface area (Å²) >= 11 is 0. The number of nitrogens with one attached hydrogen (secondary N) is 4. The zero-order valence-corrected chi connectivity index (χ0v) is 12.4. The standard InChI is InChI=1S/C15H18F2N4O2/c1-2-7-18-14(23)21-11-5-3-10(4-6-11)20-13(22)12-8-15(16,17)9-19-12/h2-6,12,19H,1,7-9H2,(H,20,22)(H2,18,21,23). The minimum atomic E-state index is -2.85. The lowest BCUT2D eigenvalue weighted by Crippen LogP contribution is -2.35. The molecule has 1 aromatic rings. The summed E-state index contributed by atoms with van der Waals surface area (Å²) in [5.74, 6) is -3.36. The lowest BCUT2D eigenvalue weighted by molar-refractivity contribution is -0.118. The van der Waals surface area contributed by atoms with Crippen LogP contribution in [0.1, 0.15) is 6.42 Å². The normalized spacial score (nSPS) is 19.0. The van der Waals surface area contributed by atoms with Crippen LogP contribution < -0.4 is 21.3 Å². The highest BCUT2D eigenvalue weighted by atomic mass is 19.3. The third-order valence-corrected chi connectivity index (χ3v) is 3.24. The highest BCUT2D eigenvalue weighted by molar-refractivity contribution is 5.95. The second-order valence-corrected chi connectivity index (χ2v) is 5.18. The number of benzene rings is 1. The molecule has 0 spiro atoms. The van der Waals surface area contributed by atoms with Crippen LogP contribution in [0.4, 0.5) is 25.0 Å². The van der Waals surface area contributed by atoms with Crippen LogP contribution in [0.2, 0.25) is 0 Å². The van der Waals surface area contributed by atoms with Crippen molar-refractivity contribution in [1.82, 2.24) is 10.6 Å². The number of carbonyl (C=O) groups excluding carboxylic acids is 2. The van der Waals surface area contributed by atoms with Gasteiger partial charge in [-0.25, -0.2) is 13.6 Å². The van der Waals surface area contributed by atoms with Gasteiger partial charge in [0, 0.05) is 24.3 Å². The first-order valence-electron chi connectivity index (χ1n) is 7.07. The Kier molecular flexibility index (Phi) is 5.28. The first kappa shape index (κ1) is 16.9. The minimum absolute atomic E-state index is 0.346. The number of urea groups is 1. The van der Waals surface area contributed by atoms with E-state index < -0.39 is 30.8 Å². The van der Waals surface area contributed by atoms with Crippen molar-refractivity contribution in [2.75, 3.05) is 23.7 Å². The average Bonchev–Trinajstić information content (AvgIpc) is 2.87. The third-order valence-electron chi connectivity index (χ3n) is 3.24. The molecule has 1 heterocycles. The average molecular weight is 324 g/mol. The molecular weight excluding hydrogens is 306 g/mol. The fraction of sp³-hybridized carbons (Fsp3) is 0.333. The van der Waals surface area contributed by atoms with Crippen molar-refractivity contribution >= 4 is 23.3 Å². The number of halogens is 2. The summed E-state index contributed by atoms with van der Waals surface area (Å²) in [7, 11) is 0. The summed E-state index contributed by atoms with van der Waals surface area (Å²) in [4.78, 5) is 23.3. The van der Waals surface area contributed by atoms with Gasteiger partial charge in [0.05, 0.1) is 12.6 Å². The number of amides is 3. The summed E-state index contributed by atoms with van der Waals surface area (Å²) in [6.45, 7) is 3.34. The molecule has 1 fully saturated rings. The van der Waals surface area contributed by atoms with Crippen LogP contribution in [0, 0.1) is 0 Å². The molecule has 124 valence electrons. The van der Waals surface area contributed by atoms with Gasteiger partial charge in [0.2, 0.25) is 5.91 Å². The van der Waals surface area contributed by atoms with Gasteiger partial charge in [0.1, 0.15) is 0 Å². The highest BCUT2D eigenvalue weighted by Gasteiger charge is 2.42. The fourth-order valence-corrected chi connectivity index (χ4v) is 2.11. The summed E-state index contributed by atoms with van der Waals surface area (Å²) in [6, 6.07) is 5.06. The lowest BCUT2D eigenvalue weighted by Gasteiger charge is -2.12. The molecule has 0 bridgehead atoms. The summed E-state index contributed by atoms with van der Waals surface area (Å²) in [6.07, 6.45) is 1.04. The number of alkyl halides is 2. The molecule has 0 saturated carbocycles. The Bertz CT molecular complexity index is 590. The summed E-state index contributed by atoms with van der Waals surface area (Å²) < 4.78 is 26.1. The van der Waals surface area contributed by atoms with Crippen LogP contribution in [0.5, 0.6) is 0 Å². The molecule has 0 aliphatic carbocycles. The Morgan fingerprint density at radius 1 is 1.26 bits per heavy atom. The number of hydrogen-bond acceptors (Lipinski definition) is 3. The van der Waals surface area contributed by atoms with E-state index in [0.717, 1.165) is 0 Å². The van der Waals surface area contributed by atoms with E-state index in [0.29, 0.717) is 17.9 Å². The maximum Gasteiger partial charge on any atom is 0.319 e. The molecule has 1 saturated heterocycles. The van der Waals surface area contributed by atoms with Crippen LogP contribution in [0.25, 0.3) is 0 Å². The van der Waals surface area contributed by atoms with Crippen molar-refractivity contribution in [3.63, 3.8) is 0 Å². The van der Waals surface area contributed by atoms with Crippen molar-refractivity contribution in [1.29, 1.82) is 0 Å². The van der Waals surface area contributed by atoms with E-state index in [9.17, 15) is 18.4 Å². The maximum atomic E-state index is 13.1. The van der Waals surface area contributed by atoms with E-state index in [1.165, 1.54) is 0 Å². The highest BCUT2D eigenvalue weighted by Crippen LogP contribution is 2.25. The van der Waals surface area contributed by atoms with Gasteiger partial charge < -0.3 is 16.0 Å². The Hall–Kier alpha value is -2.48. The first-order chi connectivity index (χ1) is 10.9. The maximum absolute atomic E-state index is 13.1. The lowest BCUT2D eigenvalue weighted by atomic mass is 10.2. The van der Waals surface area contributed by atoms with Crippen LogP contribution in [0.3, 0.4) is 0 Å². The van der Waals surface area contributed by atoms with Gasteiger partial charge in [0.25, 0.3) is 5.92 Å². The van der Waals surface area contributed by atoms with Crippen LogP contribution in [-0.2, 0) is 4.79 Å². The van der Waals surface area contributed by atoms with E-state index in [2.05, 4.69) is 27.8 Å². The van der Waals surface area contributed by atoms with Crippen molar-refractivity contribution in [3.8, 4) is 0 Å². The Morgan fingerprint density at radius 3 is 2.39 bits per heavy atom. The van der Waals surface area contributed by atoms with Gasteiger partial charge in [0.15, 0.2) is 0 Å². The van der Waals surface area contributed by atoms with E-state index in [-0.39, 0.29) is 6.03 Å². The number of anilines is 2. The third kappa shape index (κ3) is 5.03. The molecule has 1 atom stereocenters. The first-order valence-corrected chi connectivity index (χ1v) is 7.07. The largest absolute Gasteiger partial charge is 0.334 e. The van der Waals surface area contributed by atoms with Crippen LogP contribution >= 0.6 is 0 Å². The molecule has 1 aliphatic heterocycles. The second-order valence-electron chi connectivity index (χ2n) is 5.18. The number of hydrogen-bond donors (Lipinski definition) is 4. The molecule has 1 aromatic carbocycles. The molecule has 23 heavy (non-hydrogen) atoms. The van der Waals surface area contributed by atoms with Crippen LogP contribution in [0.15, 0.2) is 36.9 Å². The van der Waals surface area contributed by atoms with Crippen molar-refractivity contribution in [2.24, 2.45) is 0 Å². The van der Waals surface area contributed by atoms with E-state index in [1.807, 2.05) is 0 Å². The Balaban J connectivity index is 1.86. The van der Waals surface area contributed by atoms with E-state index in [1.54, 1.807) is 30.3 Å². The quantitative estimate of drug-likeness (QED) is 0.625. The van der Waals surface area contributed by atoms with Crippen LogP contribution in [-0.4, -0.2) is 37.0 Å². The van der Waals surface area contributed by atoms with Crippen molar-refractivity contribution in [2.45, 2.75) is 18.4 Å². The Labute approximate surface area is 132 Å². The smallest absolute Gasteiger partial charge is 0.319 e. The molecular formula is C15H18F2N4O2. The zero-order valence-electron chi connectivity index (χ0n) is 12.4. The topological polar surface area (TPSA) is 82.3 Å². The molecule has 3 amide bonds. The SMILES string of the molecule is C=CCNC(=O)Nc1ccc(NC(=O)C2CC(F)(F)CN2)cc1. The van der Waals surface area contributed by atoms with E-state index >= 15 is 0 Å². The molecule has 1 aliphatic rings. The number of rotatable bonds is 5. The Morgan fingerprint density at radius 2 is 1.87 bits per heavy atom. The van der Waals surface area contributed by atoms with Crippen molar-refractivity contribution < 1.29 is 18.4 Å². The van der Waals surface area contributed by atoms with Gasteiger partial charge in [-0.05, 0) is 24.3 Å². The summed E-state index contributed by atoms with van der Waals surface area (Å²) in [5.41, 5.74) is 0.999. The van der Waals surface area contributed by atoms with Crippen molar-refractivity contribution in [3.05, 3.63) is 36.9 Å². The molecule has 4 N–H and O–H groups in total. The summed E-state index contributed by atoms with van der Waals surface area (Å²) in [5, 5.41) is 10.2. The molecule has 6 nitrogen and oxygen atoms in total. The minimum Gasteiger partial charge on any atom is -0.334 e. The van der Waals surface area contributed by atoms with Gasteiger partial charge >= 0.3 is 6.03 Å². The number of carbonyl (C=O) groups is 2. The van der Waals surface area contributed by atoms with Gasteiger partial charge in [-0.15, -0.1) is 6.58 Å². The van der Waals surface area contributed by atoms with E-state index in [4.69, 9.17) is 0 Å². The zero-order chi connectivity index (χ0) is 16.9. The second kappa shape index (κ2) is 7.19. The van der Waals surface area contributed by atoms with Gasteiger partial charge in [-0.3, -0.25) is 10.1 Å². The predicted octanol–water partition coefficient (Wildman–Crippen LogP) is 1.93. The molecule has 2 rings (SSSR count). The van der Waals surface area contributed by atoms with Gasteiger partial charge in [-0.1, -0.05) is 6.08 Å². The predicted molar refractivity (Wildman–Crippen MR) is 83.6 cm³/mol. The molecule has 1 unspecified atom stereocenters. The fourth-order valence-electron chi connectivity index (χ4n) is 2.11. The molecule has 8 heteroatoms. The monoisotopic (exact) mass is 324 g/mol. The van der Waals surface area contributed by atoms with Gasteiger partial charge in [-0.2, -0.15) is 0 Å². The molecule has 0 radical (unpaired) electrons. The molecule has 0 aromatic heterocycles.